The number of aliphatic hydroxyl groups excluding tert-OH is 1. The molecule has 0 aliphatic carbocycles. The molecule has 17 heavy (non-hydrogen) atoms. The average molecular weight is 250 g/mol. The molecule has 1 aromatic rings. The van der Waals surface area contributed by atoms with E-state index in [4.69, 9.17) is 0 Å². The van der Waals surface area contributed by atoms with Gasteiger partial charge in [-0.2, -0.15) is 13.2 Å². The Labute approximate surface area is 97.1 Å². The highest BCUT2D eigenvalue weighted by atomic mass is 19.4. The predicted octanol–water partition coefficient (Wildman–Crippen LogP) is 3.42. The Balaban J connectivity index is 3.24. The molecule has 0 saturated heterocycles. The van der Waals surface area contributed by atoms with E-state index in [0.29, 0.717) is 0 Å². The van der Waals surface area contributed by atoms with E-state index < -0.39 is 29.9 Å². The normalized spacial score (nSPS) is 17.6. The molecule has 0 saturated carbocycles. The fourth-order valence-electron chi connectivity index (χ4n) is 1.82. The van der Waals surface area contributed by atoms with Gasteiger partial charge in [-0.3, -0.25) is 0 Å². The summed E-state index contributed by atoms with van der Waals surface area (Å²) in [6.07, 6.45) is -6.16. The minimum atomic E-state index is -4.54. The second-order valence-electron chi connectivity index (χ2n) is 4.39. The molecule has 0 aromatic heterocycles. The van der Waals surface area contributed by atoms with Crippen molar-refractivity contribution in [3.05, 3.63) is 35.6 Å². The zero-order valence-electron chi connectivity index (χ0n) is 9.55. The number of alkyl halides is 3. The van der Waals surface area contributed by atoms with Crippen molar-refractivity contribution in [3.8, 4) is 0 Å². The van der Waals surface area contributed by atoms with Crippen LogP contribution in [0.3, 0.4) is 0 Å². The minimum absolute atomic E-state index is 0.175. The van der Waals surface area contributed by atoms with Crippen LogP contribution in [0, 0.1) is 5.82 Å². The summed E-state index contributed by atoms with van der Waals surface area (Å²) in [7, 11) is 0. The largest absolute Gasteiger partial charge is 0.398 e. The van der Waals surface area contributed by atoms with Crippen molar-refractivity contribution in [1.29, 1.82) is 0 Å². The van der Waals surface area contributed by atoms with Gasteiger partial charge < -0.3 is 5.11 Å². The molecule has 2 unspecified atom stereocenters. The zero-order valence-corrected chi connectivity index (χ0v) is 9.55. The summed E-state index contributed by atoms with van der Waals surface area (Å²) < 4.78 is 52.1. The predicted molar refractivity (Wildman–Crippen MR) is 56.1 cm³/mol. The molecule has 0 spiro atoms. The van der Waals surface area contributed by atoms with E-state index in [1.807, 2.05) is 0 Å². The van der Waals surface area contributed by atoms with Crippen LogP contribution in [0.1, 0.15) is 25.8 Å². The minimum Gasteiger partial charge on any atom is -0.393 e. The number of hydrogen-bond donors (Lipinski definition) is 1. The molecule has 0 radical (unpaired) electrons. The Morgan fingerprint density at radius 1 is 1.29 bits per heavy atom. The second-order valence-corrected chi connectivity index (χ2v) is 4.39. The van der Waals surface area contributed by atoms with Gasteiger partial charge in [-0.1, -0.05) is 12.1 Å². The third-order valence-electron chi connectivity index (χ3n) is 2.79. The Hall–Kier alpha value is -1.10. The van der Waals surface area contributed by atoms with Crippen LogP contribution in [0.5, 0.6) is 0 Å². The summed E-state index contributed by atoms with van der Waals surface area (Å²) in [6, 6.07) is 4.40. The fourth-order valence-corrected chi connectivity index (χ4v) is 1.82. The smallest absolute Gasteiger partial charge is 0.393 e. The maximum atomic E-state index is 13.0. The number of benzene rings is 1. The lowest BCUT2D eigenvalue weighted by Crippen LogP contribution is -2.42. The van der Waals surface area contributed by atoms with E-state index in [1.165, 1.54) is 19.1 Å². The molecule has 1 rings (SSSR count). The first-order valence-corrected chi connectivity index (χ1v) is 5.17. The molecule has 1 aromatic carbocycles. The third-order valence-corrected chi connectivity index (χ3v) is 2.79. The van der Waals surface area contributed by atoms with Gasteiger partial charge in [0.05, 0.1) is 11.5 Å². The number of aliphatic hydroxyl groups is 1. The van der Waals surface area contributed by atoms with Gasteiger partial charge in [0.2, 0.25) is 0 Å². The van der Waals surface area contributed by atoms with Gasteiger partial charge in [0.1, 0.15) is 5.82 Å². The van der Waals surface area contributed by atoms with Crippen molar-refractivity contribution in [2.75, 3.05) is 0 Å². The molecule has 0 aliphatic rings. The number of halogens is 4. The summed E-state index contributed by atoms with van der Waals surface area (Å²) in [4.78, 5) is 0. The maximum absolute atomic E-state index is 13.0. The van der Waals surface area contributed by atoms with E-state index >= 15 is 0 Å². The molecular formula is C12H14F4O. The molecule has 1 nitrogen and oxygen atoms in total. The molecule has 2 atom stereocenters. The highest BCUT2D eigenvalue weighted by Gasteiger charge is 2.52. The van der Waals surface area contributed by atoms with Gasteiger partial charge in [-0.15, -0.1) is 0 Å². The first kappa shape index (κ1) is 14.0. The van der Waals surface area contributed by atoms with E-state index in [2.05, 4.69) is 0 Å². The summed E-state index contributed by atoms with van der Waals surface area (Å²) in [5.74, 6) is -0.719. The molecule has 1 N–H and O–H groups in total. The lowest BCUT2D eigenvalue weighted by molar-refractivity contribution is -0.193. The van der Waals surface area contributed by atoms with Crippen LogP contribution in [-0.4, -0.2) is 17.4 Å². The van der Waals surface area contributed by atoms with Crippen LogP contribution >= 0.6 is 0 Å². The van der Waals surface area contributed by atoms with Crippen molar-refractivity contribution in [2.24, 2.45) is 0 Å². The van der Waals surface area contributed by atoms with E-state index in [9.17, 15) is 22.7 Å². The summed E-state index contributed by atoms with van der Waals surface area (Å²) in [5.41, 5.74) is -2.42. The summed E-state index contributed by atoms with van der Waals surface area (Å²) in [5, 5.41) is 9.19. The van der Waals surface area contributed by atoms with Crippen molar-refractivity contribution in [1.82, 2.24) is 0 Å². The van der Waals surface area contributed by atoms with Gasteiger partial charge in [0.25, 0.3) is 0 Å². The van der Waals surface area contributed by atoms with Gasteiger partial charge in [0.15, 0.2) is 0 Å². The lowest BCUT2D eigenvalue weighted by atomic mass is 9.77. The fraction of sp³-hybridized carbons (Fsp3) is 0.500. The second kappa shape index (κ2) is 4.64. The van der Waals surface area contributed by atoms with Crippen LogP contribution in [0.4, 0.5) is 17.6 Å². The van der Waals surface area contributed by atoms with Crippen molar-refractivity contribution >= 4 is 0 Å². The Morgan fingerprint density at radius 2 is 1.88 bits per heavy atom. The lowest BCUT2D eigenvalue weighted by Gasteiger charge is -2.33. The molecule has 0 amide bonds. The first-order valence-electron chi connectivity index (χ1n) is 5.17. The number of rotatable bonds is 3. The van der Waals surface area contributed by atoms with E-state index in [0.717, 1.165) is 19.1 Å². The van der Waals surface area contributed by atoms with Gasteiger partial charge in [0, 0.05) is 0 Å². The highest BCUT2D eigenvalue weighted by molar-refractivity contribution is 5.27. The third kappa shape index (κ3) is 2.97. The van der Waals surface area contributed by atoms with Crippen LogP contribution in [0.25, 0.3) is 0 Å². The summed E-state index contributed by atoms with van der Waals surface area (Å²) in [6.45, 7) is 2.25. The molecule has 0 fully saturated rings. The monoisotopic (exact) mass is 250 g/mol. The van der Waals surface area contributed by atoms with Crippen molar-refractivity contribution in [2.45, 2.75) is 38.0 Å². The van der Waals surface area contributed by atoms with Gasteiger partial charge in [-0.25, -0.2) is 4.39 Å². The zero-order chi connectivity index (χ0) is 13.3. The van der Waals surface area contributed by atoms with Crippen LogP contribution in [-0.2, 0) is 5.41 Å². The van der Waals surface area contributed by atoms with E-state index in [1.54, 1.807) is 0 Å². The first-order chi connectivity index (χ1) is 7.67. The Bertz CT molecular complexity index is 386. The maximum Gasteiger partial charge on any atom is 0.398 e. The van der Waals surface area contributed by atoms with Crippen LogP contribution < -0.4 is 0 Å². The molecule has 0 bridgehead atoms. The average Bonchev–Trinajstić information content (AvgIpc) is 2.14. The standard InChI is InChI=1S/C12H14F4O/c1-8(17)7-11(2,12(14,15)16)9-4-3-5-10(13)6-9/h3-6,8,17H,7H2,1-2H3. The van der Waals surface area contributed by atoms with Crippen LogP contribution in [0.15, 0.2) is 24.3 Å². The van der Waals surface area contributed by atoms with Gasteiger partial charge >= 0.3 is 6.18 Å². The molecule has 96 valence electrons. The Kier molecular flexibility index (Phi) is 3.81. The van der Waals surface area contributed by atoms with E-state index in [-0.39, 0.29) is 5.56 Å². The SMILES string of the molecule is CC(O)CC(C)(c1cccc(F)c1)C(F)(F)F. The quantitative estimate of drug-likeness (QED) is 0.815. The van der Waals surface area contributed by atoms with Crippen molar-refractivity contribution < 1.29 is 22.7 Å². The highest BCUT2D eigenvalue weighted by Crippen LogP contribution is 2.44. The molecule has 0 heterocycles. The van der Waals surface area contributed by atoms with Crippen molar-refractivity contribution in [3.63, 3.8) is 0 Å². The Morgan fingerprint density at radius 3 is 2.29 bits per heavy atom. The number of hydrogen-bond acceptors (Lipinski definition) is 1. The van der Waals surface area contributed by atoms with Gasteiger partial charge in [-0.05, 0) is 38.0 Å². The van der Waals surface area contributed by atoms with Crippen LogP contribution in [0.2, 0.25) is 0 Å². The molecule has 5 heteroatoms. The topological polar surface area (TPSA) is 20.2 Å². The summed E-state index contributed by atoms with van der Waals surface area (Å²) >= 11 is 0. The molecule has 0 aliphatic heterocycles. The molecular weight excluding hydrogens is 236 g/mol.